The van der Waals surface area contributed by atoms with Gasteiger partial charge in [-0.05, 0) is 48.9 Å². The number of nitro benzene ring substituents is 1. The molecule has 8 nitrogen and oxygen atoms in total. The van der Waals surface area contributed by atoms with Crippen LogP contribution in [0.2, 0.25) is 10.0 Å². The number of nitro groups is 1. The van der Waals surface area contributed by atoms with E-state index in [1.54, 1.807) is 18.2 Å². The number of carbonyl (C=O) groups is 3. The number of halogens is 2. The number of hydrazine groups is 1. The predicted molar refractivity (Wildman–Crippen MR) is 121 cm³/mol. The van der Waals surface area contributed by atoms with Gasteiger partial charge in [-0.25, -0.2) is 5.01 Å². The van der Waals surface area contributed by atoms with Crippen LogP contribution in [0.1, 0.15) is 42.1 Å². The molecule has 3 amide bonds. The minimum atomic E-state index is -0.696. The van der Waals surface area contributed by atoms with Gasteiger partial charge in [0.15, 0.2) is 0 Å². The van der Waals surface area contributed by atoms with Gasteiger partial charge in [-0.15, -0.1) is 0 Å². The molecule has 33 heavy (non-hydrogen) atoms. The van der Waals surface area contributed by atoms with Gasteiger partial charge in [-0.2, -0.15) is 5.01 Å². The molecule has 0 radical (unpaired) electrons. The molecule has 2 fully saturated rings. The van der Waals surface area contributed by atoms with Crippen molar-refractivity contribution in [3.8, 4) is 0 Å². The van der Waals surface area contributed by atoms with E-state index in [2.05, 4.69) is 0 Å². The molecule has 2 aromatic rings. The molecular weight excluding hydrogens is 469 g/mol. The molecule has 172 valence electrons. The highest BCUT2D eigenvalue weighted by molar-refractivity contribution is 6.42. The average molecular weight is 490 g/mol. The van der Waals surface area contributed by atoms with Gasteiger partial charge in [0.2, 0.25) is 0 Å². The van der Waals surface area contributed by atoms with Crippen LogP contribution in [0.3, 0.4) is 0 Å². The van der Waals surface area contributed by atoms with Gasteiger partial charge >= 0.3 is 0 Å². The van der Waals surface area contributed by atoms with Crippen LogP contribution < -0.4 is 0 Å². The van der Waals surface area contributed by atoms with Crippen LogP contribution in [0.15, 0.2) is 42.5 Å². The minimum absolute atomic E-state index is 0.00639. The SMILES string of the molecule is C[C@@H]1CC[C@H]2C(=O)N(N(Cc3ccc(Cl)c(Cl)c3)C(=O)c3cccc([N+](=O)[O-])c3)C(=O)[C@@H]2C1. The molecular formula is C23H21Cl2N3O5. The molecule has 3 atom stereocenters. The zero-order chi connectivity index (χ0) is 23.9. The number of rotatable bonds is 5. The molecule has 0 bridgehead atoms. The van der Waals surface area contributed by atoms with Crippen LogP contribution in [0.4, 0.5) is 5.69 Å². The molecule has 0 spiro atoms. The molecule has 0 unspecified atom stereocenters. The third-order valence-corrected chi connectivity index (χ3v) is 7.00. The Morgan fingerprint density at radius 3 is 2.52 bits per heavy atom. The largest absolute Gasteiger partial charge is 0.273 e. The first-order chi connectivity index (χ1) is 15.7. The molecule has 10 heteroatoms. The maximum Gasteiger partial charge on any atom is 0.273 e. The van der Waals surface area contributed by atoms with Crippen molar-refractivity contribution >= 4 is 46.6 Å². The Hall–Kier alpha value is -2.97. The molecule has 4 rings (SSSR count). The van der Waals surface area contributed by atoms with E-state index in [0.717, 1.165) is 22.5 Å². The molecule has 0 N–H and O–H groups in total. The zero-order valence-electron chi connectivity index (χ0n) is 17.7. The Morgan fingerprint density at radius 2 is 1.82 bits per heavy atom. The molecule has 0 aromatic heterocycles. The van der Waals surface area contributed by atoms with Crippen molar-refractivity contribution in [2.24, 2.45) is 17.8 Å². The first kappa shape index (κ1) is 23.2. The summed E-state index contributed by atoms with van der Waals surface area (Å²) >= 11 is 12.1. The summed E-state index contributed by atoms with van der Waals surface area (Å²) in [5.74, 6) is -2.18. The molecule has 2 aliphatic rings. The average Bonchev–Trinajstić information content (AvgIpc) is 3.03. The highest BCUT2D eigenvalue weighted by atomic mass is 35.5. The summed E-state index contributed by atoms with van der Waals surface area (Å²) in [6.07, 6.45) is 2.00. The molecule has 1 saturated carbocycles. The summed E-state index contributed by atoms with van der Waals surface area (Å²) < 4.78 is 0. The van der Waals surface area contributed by atoms with E-state index in [9.17, 15) is 24.5 Å². The van der Waals surface area contributed by atoms with Crippen LogP contribution in [0.5, 0.6) is 0 Å². The molecule has 1 aliphatic carbocycles. The molecule has 1 saturated heterocycles. The fraction of sp³-hybridized carbons (Fsp3) is 0.348. The summed E-state index contributed by atoms with van der Waals surface area (Å²) in [5, 5.41) is 13.8. The number of non-ortho nitro benzene ring substituents is 1. The van der Waals surface area contributed by atoms with Crippen molar-refractivity contribution in [1.82, 2.24) is 10.0 Å². The van der Waals surface area contributed by atoms with Gasteiger partial charge in [0.1, 0.15) is 0 Å². The zero-order valence-corrected chi connectivity index (χ0v) is 19.3. The maximum atomic E-state index is 13.5. The predicted octanol–water partition coefficient (Wildman–Crippen LogP) is 4.88. The monoisotopic (exact) mass is 489 g/mol. The number of amides is 3. The lowest BCUT2D eigenvalue weighted by Gasteiger charge is -2.30. The lowest BCUT2D eigenvalue weighted by atomic mass is 9.76. The summed E-state index contributed by atoms with van der Waals surface area (Å²) in [6.45, 7) is 1.91. The smallest absolute Gasteiger partial charge is 0.272 e. The minimum Gasteiger partial charge on any atom is -0.272 e. The normalized spacial score (nSPS) is 22.3. The quantitative estimate of drug-likeness (QED) is 0.338. The molecule has 2 aromatic carbocycles. The van der Waals surface area contributed by atoms with Gasteiger partial charge in [-0.1, -0.05) is 42.3 Å². The Morgan fingerprint density at radius 1 is 1.09 bits per heavy atom. The summed E-state index contributed by atoms with van der Waals surface area (Å²) in [5.41, 5.74) is 0.275. The maximum absolute atomic E-state index is 13.5. The number of hydrogen-bond donors (Lipinski definition) is 0. The summed E-state index contributed by atoms with van der Waals surface area (Å²) in [6, 6.07) is 9.95. The van der Waals surface area contributed by atoms with E-state index >= 15 is 0 Å². The highest BCUT2D eigenvalue weighted by Gasteiger charge is 2.52. The van der Waals surface area contributed by atoms with Crippen LogP contribution in [-0.2, 0) is 16.1 Å². The van der Waals surface area contributed by atoms with Crippen molar-refractivity contribution in [3.63, 3.8) is 0 Å². The van der Waals surface area contributed by atoms with Gasteiger partial charge in [-0.3, -0.25) is 24.5 Å². The Balaban J connectivity index is 1.74. The number of benzene rings is 2. The van der Waals surface area contributed by atoms with Gasteiger partial charge < -0.3 is 0 Å². The van der Waals surface area contributed by atoms with E-state index in [0.29, 0.717) is 29.3 Å². The van der Waals surface area contributed by atoms with Crippen molar-refractivity contribution in [3.05, 3.63) is 73.8 Å². The van der Waals surface area contributed by atoms with Crippen LogP contribution in [0.25, 0.3) is 0 Å². The first-order valence-corrected chi connectivity index (χ1v) is 11.3. The van der Waals surface area contributed by atoms with Crippen LogP contribution in [0, 0.1) is 27.9 Å². The molecule has 1 aliphatic heterocycles. The summed E-state index contributed by atoms with van der Waals surface area (Å²) in [7, 11) is 0. The standard InChI is InChI=1S/C23H21Cl2N3O5/c1-13-5-7-17-18(9-13)23(31)27(22(17)30)26(12-14-6-8-19(24)20(25)10-14)21(29)15-3-2-4-16(11-15)28(32)33/h2-4,6,8,10-11,13,17-18H,5,7,9,12H2,1H3/t13-,17-,18-/m1/s1. The van der Waals surface area contributed by atoms with Gasteiger partial charge in [0.05, 0.1) is 33.3 Å². The fourth-order valence-electron chi connectivity index (χ4n) is 4.56. The van der Waals surface area contributed by atoms with Crippen molar-refractivity contribution in [2.45, 2.75) is 32.7 Å². The third-order valence-electron chi connectivity index (χ3n) is 6.26. The van der Waals surface area contributed by atoms with Crippen molar-refractivity contribution < 1.29 is 19.3 Å². The number of nitrogens with zero attached hydrogens (tertiary/aromatic N) is 3. The van der Waals surface area contributed by atoms with E-state index in [-0.39, 0.29) is 22.8 Å². The second-order valence-corrected chi connectivity index (χ2v) is 9.35. The number of hydrogen-bond acceptors (Lipinski definition) is 5. The topological polar surface area (TPSA) is 101 Å². The third kappa shape index (κ3) is 4.45. The second-order valence-electron chi connectivity index (χ2n) is 8.54. The van der Waals surface area contributed by atoms with E-state index in [4.69, 9.17) is 23.2 Å². The Kier molecular flexibility index (Phi) is 6.41. The number of carbonyl (C=O) groups excluding carboxylic acids is 3. The van der Waals surface area contributed by atoms with Gasteiger partial charge in [0, 0.05) is 17.7 Å². The van der Waals surface area contributed by atoms with Crippen LogP contribution >= 0.6 is 23.2 Å². The number of imide groups is 1. The van der Waals surface area contributed by atoms with E-state index < -0.39 is 34.5 Å². The number of fused-ring (bicyclic) bond motifs is 1. The Bertz CT molecular complexity index is 1150. The Labute approximate surface area is 200 Å². The lowest BCUT2D eigenvalue weighted by molar-refractivity contribution is -0.384. The first-order valence-electron chi connectivity index (χ1n) is 10.6. The van der Waals surface area contributed by atoms with Gasteiger partial charge in [0.25, 0.3) is 23.4 Å². The lowest BCUT2D eigenvalue weighted by Crippen LogP contribution is -2.49. The molecule has 1 heterocycles. The summed E-state index contributed by atoms with van der Waals surface area (Å²) in [4.78, 5) is 50.7. The van der Waals surface area contributed by atoms with E-state index in [1.807, 2.05) is 6.92 Å². The fourth-order valence-corrected chi connectivity index (χ4v) is 4.88. The second kappa shape index (κ2) is 9.11. The van der Waals surface area contributed by atoms with E-state index in [1.165, 1.54) is 18.2 Å². The van der Waals surface area contributed by atoms with Crippen LogP contribution in [-0.4, -0.2) is 32.7 Å². The van der Waals surface area contributed by atoms with Crippen molar-refractivity contribution in [2.75, 3.05) is 0 Å². The van der Waals surface area contributed by atoms with Crippen molar-refractivity contribution in [1.29, 1.82) is 0 Å². The highest BCUT2D eigenvalue weighted by Crippen LogP contribution is 2.41.